The Kier molecular flexibility index (Phi) is 4.28. The minimum Gasteiger partial charge on any atom is -0.464 e. The van der Waals surface area contributed by atoms with Crippen LogP contribution in [-0.4, -0.2) is 16.6 Å². The first-order valence-electron chi connectivity index (χ1n) is 5.72. The Labute approximate surface area is 118 Å². The monoisotopic (exact) mass is 294 g/mol. The number of nitrogens with zero attached hydrogens (tertiary/aromatic N) is 2. The van der Waals surface area contributed by atoms with E-state index in [0.29, 0.717) is 0 Å². The summed E-state index contributed by atoms with van der Waals surface area (Å²) in [6.45, 7) is 0.0139. The summed E-state index contributed by atoms with van der Waals surface area (Å²) in [7, 11) is 0. The predicted octanol–water partition coefficient (Wildman–Crippen LogP) is 3.30. The lowest BCUT2D eigenvalue weighted by molar-refractivity contribution is -0.137. The van der Waals surface area contributed by atoms with Crippen LogP contribution < -0.4 is 9.47 Å². The molecule has 0 N–H and O–H groups in total. The zero-order valence-corrected chi connectivity index (χ0v) is 10.6. The second-order valence-corrected chi connectivity index (χ2v) is 3.81. The normalized spacial score (nSPS) is 10.8. The summed E-state index contributed by atoms with van der Waals surface area (Å²) in [6.07, 6.45) is 1.76. The second kappa shape index (κ2) is 6.13. The minimum absolute atomic E-state index is 0.00595. The van der Waals surface area contributed by atoms with Crippen molar-refractivity contribution in [2.75, 3.05) is 6.61 Å². The van der Waals surface area contributed by atoms with E-state index in [0.717, 1.165) is 18.5 Å². The topological polar surface area (TPSA) is 44.2 Å². The van der Waals surface area contributed by atoms with E-state index in [1.165, 1.54) is 18.2 Å². The molecule has 0 aliphatic carbocycles. The number of rotatable bonds is 4. The van der Waals surface area contributed by atoms with Crippen molar-refractivity contribution in [3.05, 3.63) is 42.2 Å². The Morgan fingerprint density at radius 1 is 1.14 bits per heavy atom. The third kappa shape index (κ3) is 4.11. The lowest BCUT2D eigenvalue weighted by Gasteiger charge is -2.09. The molecular weight excluding hydrogens is 285 g/mol. The van der Waals surface area contributed by atoms with Crippen LogP contribution in [0.4, 0.5) is 13.2 Å². The van der Waals surface area contributed by atoms with Gasteiger partial charge < -0.3 is 9.47 Å². The van der Waals surface area contributed by atoms with Gasteiger partial charge in [-0.15, -0.1) is 6.42 Å². The zero-order chi connectivity index (χ0) is 15.3. The summed E-state index contributed by atoms with van der Waals surface area (Å²) in [6, 6.07) is 5.80. The van der Waals surface area contributed by atoms with Gasteiger partial charge in [0.2, 0.25) is 11.8 Å². The van der Waals surface area contributed by atoms with Crippen LogP contribution >= 0.6 is 0 Å². The van der Waals surface area contributed by atoms with Gasteiger partial charge in [0.05, 0.1) is 11.6 Å². The maximum atomic E-state index is 12.6. The van der Waals surface area contributed by atoms with Crippen molar-refractivity contribution in [3.8, 4) is 29.9 Å². The predicted molar refractivity (Wildman–Crippen MR) is 67.9 cm³/mol. The largest absolute Gasteiger partial charge is 0.464 e. The maximum Gasteiger partial charge on any atom is 0.416 e. The summed E-state index contributed by atoms with van der Waals surface area (Å²) < 4.78 is 48.1. The molecule has 1 heterocycles. The molecule has 0 amide bonds. The van der Waals surface area contributed by atoms with Crippen molar-refractivity contribution >= 4 is 0 Å². The highest BCUT2D eigenvalue weighted by atomic mass is 19.4. The highest BCUT2D eigenvalue weighted by Gasteiger charge is 2.30. The van der Waals surface area contributed by atoms with Crippen molar-refractivity contribution in [2.45, 2.75) is 6.18 Å². The SMILES string of the molecule is C#CCOc1cc(Oc2cccc(C(F)(F)F)c2)ncn1. The number of benzene rings is 1. The molecule has 0 radical (unpaired) electrons. The third-order valence-corrected chi connectivity index (χ3v) is 2.30. The summed E-state index contributed by atoms with van der Waals surface area (Å²) in [5, 5.41) is 0. The van der Waals surface area contributed by atoms with Crippen molar-refractivity contribution in [2.24, 2.45) is 0 Å². The third-order valence-electron chi connectivity index (χ3n) is 2.30. The zero-order valence-electron chi connectivity index (χ0n) is 10.6. The Morgan fingerprint density at radius 3 is 2.62 bits per heavy atom. The van der Waals surface area contributed by atoms with Gasteiger partial charge in [0, 0.05) is 0 Å². The van der Waals surface area contributed by atoms with E-state index < -0.39 is 11.7 Å². The number of alkyl halides is 3. The Bertz CT molecular complexity index is 666. The average Bonchev–Trinajstić information content (AvgIpc) is 2.45. The fourth-order valence-electron chi connectivity index (χ4n) is 1.43. The molecule has 4 nitrogen and oxygen atoms in total. The van der Waals surface area contributed by atoms with Gasteiger partial charge in [0.25, 0.3) is 0 Å². The first-order valence-corrected chi connectivity index (χ1v) is 5.72. The van der Waals surface area contributed by atoms with E-state index in [1.807, 2.05) is 0 Å². The van der Waals surface area contributed by atoms with Gasteiger partial charge >= 0.3 is 6.18 Å². The van der Waals surface area contributed by atoms with Crippen LogP contribution in [-0.2, 0) is 6.18 Å². The van der Waals surface area contributed by atoms with Gasteiger partial charge in [-0.25, -0.2) is 9.97 Å². The molecule has 0 bridgehead atoms. The molecule has 0 aliphatic rings. The molecule has 21 heavy (non-hydrogen) atoms. The Balaban J connectivity index is 2.17. The standard InChI is InChI=1S/C14H9F3N2O2/c1-2-6-20-12-8-13(19-9-18-12)21-11-5-3-4-10(7-11)14(15,16)17/h1,3-5,7-9H,6H2. The minimum atomic E-state index is -4.44. The van der Waals surface area contributed by atoms with Crippen molar-refractivity contribution in [3.63, 3.8) is 0 Å². The van der Waals surface area contributed by atoms with E-state index in [4.69, 9.17) is 15.9 Å². The van der Waals surface area contributed by atoms with Gasteiger partial charge in [0.1, 0.15) is 12.1 Å². The van der Waals surface area contributed by atoms with Crippen LogP contribution in [0, 0.1) is 12.3 Å². The fourth-order valence-corrected chi connectivity index (χ4v) is 1.43. The van der Waals surface area contributed by atoms with E-state index in [9.17, 15) is 13.2 Å². The molecule has 0 unspecified atom stereocenters. The average molecular weight is 294 g/mol. The molecular formula is C14H9F3N2O2. The molecule has 0 atom stereocenters. The highest BCUT2D eigenvalue weighted by Crippen LogP contribution is 2.32. The Hall–Kier alpha value is -2.75. The van der Waals surface area contributed by atoms with Gasteiger partial charge in [0.15, 0.2) is 6.61 Å². The van der Waals surface area contributed by atoms with Crippen LogP contribution in [0.5, 0.6) is 17.5 Å². The molecule has 0 spiro atoms. The highest BCUT2D eigenvalue weighted by molar-refractivity contribution is 5.33. The summed E-state index contributed by atoms with van der Waals surface area (Å²) in [5.74, 6) is 2.49. The first kappa shape index (κ1) is 14.7. The van der Waals surface area contributed by atoms with Crippen molar-refractivity contribution in [1.82, 2.24) is 9.97 Å². The lowest BCUT2D eigenvalue weighted by atomic mass is 10.2. The van der Waals surface area contributed by atoms with E-state index in [-0.39, 0.29) is 24.1 Å². The molecule has 1 aromatic heterocycles. The smallest absolute Gasteiger partial charge is 0.416 e. The van der Waals surface area contributed by atoms with Gasteiger partial charge in [-0.2, -0.15) is 13.2 Å². The summed E-state index contributed by atoms with van der Waals surface area (Å²) in [5.41, 5.74) is -0.808. The van der Waals surface area contributed by atoms with Crippen LogP contribution in [0.2, 0.25) is 0 Å². The van der Waals surface area contributed by atoms with Crippen molar-refractivity contribution in [1.29, 1.82) is 0 Å². The molecule has 0 fully saturated rings. The van der Waals surface area contributed by atoms with Crippen LogP contribution in [0.1, 0.15) is 5.56 Å². The molecule has 7 heteroatoms. The van der Waals surface area contributed by atoms with Crippen LogP contribution in [0.25, 0.3) is 0 Å². The number of halogens is 3. The quantitative estimate of drug-likeness (QED) is 0.812. The fraction of sp³-hybridized carbons (Fsp3) is 0.143. The molecule has 0 saturated heterocycles. The summed E-state index contributed by atoms with van der Waals surface area (Å²) >= 11 is 0. The first-order chi connectivity index (χ1) is 9.99. The molecule has 0 saturated carbocycles. The number of terminal acetylenes is 1. The molecule has 2 rings (SSSR count). The molecule has 2 aromatic rings. The van der Waals surface area contributed by atoms with Crippen molar-refractivity contribution < 1.29 is 22.6 Å². The molecule has 108 valence electrons. The number of hydrogen-bond acceptors (Lipinski definition) is 4. The number of hydrogen-bond donors (Lipinski definition) is 0. The summed E-state index contributed by atoms with van der Waals surface area (Å²) in [4.78, 5) is 7.57. The van der Waals surface area contributed by atoms with Gasteiger partial charge in [-0.3, -0.25) is 0 Å². The van der Waals surface area contributed by atoms with Crippen LogP contribution in [0.3, 0.4) is 0 Å². The van der Waals surface area contributed by atoms with E-state index in [1.54, 1.807) is 0 Å². The van der Waals surface area contributed by atoms with Gasteiger partial charge in [-0.05, 0) is 18.2 Å². The van der Waals surface area contributed by atoms with Crippen LogP contribution in [0.15, 0.2) is 36.7 Å². The Morgan fingerprint density at radius 2 is 1.90 bits per heavy atom. The molecule has 1 aromatic carbocycles. The lowest BCUT2D eigenvalue weighted by Crippen LogP contribution is -2.04. The number of aromatic nitrogens is 2. The maximum absolute atomic E-state index is 12.6. The number of ether oxygens (including phenoxy) is 2. The van der Waals surface area contributed by atoms with Gasteiger partial charge in [-0.1, -0.05) is 12.0 Å². The second-order valence-electron chi connectivity index (χ2n) is 3.81. The molecule has 0 aliphatic heterocycles. The van der Waals surface area contributed by atoms with E-state index in [2.05, 4.69) is 15.9 Å². The van der Waals surface area contributed by atoms with E-state index >= 15 is 0 Å².